The highest BCUT2D eigenvalue weighted by molar-refractivity contribution is 5.84. The summed E-state index contributed by atoms with van der Waals surface area (Å²) in [5.74, 6) is -0.665. The zero-order chi connectivity index (χ0) is 15.6. The molecule has 1 aliphatic carbocycles. The number of amides is 3. The Morgan fingerprint density at radius 3 is 2.67 bits per heavy atom. The number of hydrogen-bond acceptors (Lipinski definition) is 3. The highest BCUT2D eigenvalue weighted by atomic mass is 16.4. The van der Waals surface area contributed by atoms with Crippen LogP contribution >= 0.6 is 0 Å². The van der Waals surface area contributed by atoms with Crippen LogP contribution in [0.3, 0.4) is 0 Å². The summed E-state index contributed by atoms with van der Waals surface area (Å²) in [6, 6.07) is -1.01. The smallest absolute Gasteiger partial charge is 0.326 e. The Hall–Kier alpha value is -1.79. The third kappa shape index (κ3) is 3.11. The van der Waals surface area contributed by atoms with E-state index in [4.69, 9.17) is 0 Å². The number of rotatable bonds is 4. The van der Waals surface area contributed by atoms with Gasteiger partial charge in [0.1, 0.15) is 6.04 Å². The maximum Gasteiger partial charge on any atom is 0.326 e. The number of aliphatic carboxylic acids is 1. The molecule has 2 rings (SSSR count). The van der Waals surface area contributed by atoms with Crippen molar-refractivity contribution in [2.45, 2.75) is 31.7 Å². The molecule has 3 amide bonds. The van der Waals surface area contributed by atoms with Crippen LogP contribution in [-0.2, 0) is 9.59 Å². The molecule has 3 atom stereocenters. The fourth-order valence-electron chi connectivity index (χ4n) is 3.53. The molecule has 0 aromatic rings. The lowest BCUT2D eigenvalue weighted by Crippen LogP contribution is -2.49. The number of urea groups is 1. The zero-order valence-corrected chi connectivity index (χ0v) is 12.5. The molecule has 1 saturated carbocycles. The standard InChI is InChI=1S/C14H23N3O4/c1-15-11(18)6-7-16(2)14(21)17-8-9-4-3-5-10(9)12(17)13(19)20/h9-10,12H,3-8H2,1-2H3,(H,15,18)(H,19,20). The number of likely N-dealkylation sites (tertiary alicyclic amines) is 1. The number of carbonyl (C=O) groups is 3. The molecule has 0 aromatic carbocycles. The van der Waals surface area contributed by atoms with E-state index >= 15 is 0 Å². The molecule has 0 aromatic heterocycles. The minimum atomic E-state index is -0.919. The van der Waals surface area contributed by atoms with Crippen molar-refractivity contribution in [3.05, 3.63) is 0 Å². The molecule has 0 bridgehead atoms. The second-order valence-corrected chi connectivity index (χ2v) is 5.92. The van der Waals surface area contributed by atoms with Gasteiger partial charge >= 0.3 is 12.0 Å². The highest BCUT2D eigenvalue weighted by Crippen LogP contribution is 2.42. The van der Waals surface area contributed by atoms with E-state index in [2.05, 4.69) is 5.32 Å². The van der Waals surface area contributed by atoms with E-state index in [1.165, 1.54) is 9.80 Å². The number of nitrogens with one attached hydrogen (secondary N) is 1. The molecule has 3 unspecified atom stereocenters. The van der Waals surface area contributed by atoms with Gasteiger partial charge < -0.3 is 20.2 Å². The van der Waals surface area contributed by atoms with Crippen molar-refractivity contribution in [3.8, 4) is 0 Å². The maximum atomic E-state index is 12.4. The van der Waals surface area contributed by atoms with Crippen molar-refractivity contribution in [1.82, 2.24) is 15.1 Å². The first kappa shape index (κ1) is 15.6. The average molecular weight is 297 g/mol. The quantitative estimate of drug-likeness (QED) is 0.784. The topological polar surface area (TPSA) is 90.0 Å². The van der Waals surface area contributed by atoms with Crippen molar-refractivity contribution in [2.75, 3.05) is 27.2 Å². The average Bonchev–Trinajstić information content (AvgIpc) is 3.02. The van der Waals surface area contributed by atoms with Crippen molar-refractivity contribution in [3.63, 3.8) is 0 Å². The van der Waals surface area contributed by atoms with Gasteiger partial charge in [0.15, 0.2) is 0 Å². The summed E-state index contributed by atoms with van der Waals surface area (Å²) in [6.45, 7) is 0.807. The van der Waals surface area contributed by atoms with Crippen LogP contribution in [0, 0.1) is 11.8 Å². The second kappa shape index (κ2) is 6.32. The minimum absolute atomic E-state index is 0.0822. The summed E-state index contributed by atoms with van der Waals surface area (Å²) < 4.78 is 0. The Bertz CT molecular complexity index is 440. The third-order valence-electron chi connectivity index (χ3n) is 4.67. The molecule has 21 heavy (non-hydrogen) atoms. The van der Waals surface area contributed by atoms with Gasteiger partial charge in [-0.25, -0.2) is 9.59 Å². The van der Waals surface area contributed by atoms with Crippen LogP contribution in [0.25, 0.3) is 0 Å². The monoisotopic (exact) mass is 297 g/mol. The van der Waals surface area contributed by atoms with Crippen LogP contribution in [0.15, 0.2) is 0 Å². The van der Waals surface area contributed by atoms with Gasteiger partial charge in [-0.1, -0.05) is 6.42 Å². The van der Waals surface area contributed by atoms with E-state index in [9.17, 15) is 19.5 Å². The predicted molar refractivity (Wildman–Crippen MR) is 75.7 cm³/mol. The Morgan fingerprint density at radius 2 is 2.05 bits per heavy atom. The number of hydrogen-bond donors (Lipinski definition) is 2. The van der Waals surface area contributed by atoms with Crippen LogP contribution in [0.2, 0.25) is 0 Å². The fraction of sp³-hybridized carbons (Fsp3) is 0.786. The predicted octanol–water partition coefficient (Wildman–Crippen LogP) is 0.359. The number of nitrogens with zero attached hydrogens (tertiary/aromatic N) is 2. The summed E-state index contributed by atoms with van der Waals surface area (Å²) in [5, 5.41) is 11.9. The number of carboxylic acid groups (broad SMARTS) is 1. The maximum absolute atomic E-state index is 12.4. The van der Waals surface area contributed by atoms with E-state index in [1.54, 1.807) is 14.1 Å². The minimum Gasteiger partial charge on any atom is -0.480 e. The van der Waals surface area contributed by atoms with Crippen molar-refractivity contribution in [1.29, 1.82) is 0 Å². The summed E-state index contributed by atoms with van der Waals surface area (Å²) in [4.78, 5) is 38.1. The van der Waals surface area contributed by atoms with Crippen molar-refractivity contribution >= 4 is 17.9 Å². The van der Waals surface area contributed by atoms with E-state index in [0.717, 1.165) is 19.3 Å². The van der Waals surface area contributed by atoms with E-state index < -0.39 is 12.0 Å². The Kier molecular flexibility index (Phi) is 4.69. The second-order valence-electron chi connectivity index (χ2n) is 5.92. The third-order valence-corrected chi connectivity index (χ3v) is 4.67. The number of carbonyl (C=O) groups excluding carboxylic acids is 2. The molecule has 2 fully saturated rings. The number of carboxylic acids is 1. The van der Waals surface area contributed by atoms with Gasteiger partial charge in [-0.15, -0.1) is 0 Å². The molecular weight excluding hydrogens is 274 g/mol. The lowest BCUT2D eigenvalue weighted by molar-refractivity contribution is -0.142. The highest BCUT2D eigenvalue weighted by Gasteiger charge is 2.50. The van der Waals surface area contributed by atoms with E-state index in [1.807, 2.05) is 0 Å². The summed E-state index contributed by atoms with van der Waals surface area (Å²) >= 11 is 0. The Balaban J connectivity index is 2.00. The molecule has 1 aliphatic heterocycles. The van der Waals surface area contributed by atoms with Gasteiger partial charge in [-0.05, 0) is 24.7 Å². The Morgan fingerprint density at radius 1 is 1.33 bits per heavy atom. The van der Waals surface area contributed by atoms with Crippen LogP contribution in [-0.4, -0.2) is 66.0 Å². The van der Waals surface area contributed by atoms with Crippen LogP contribution in [0.1, 0.15) is 25.7 Å². The normalized spacial score (nSPS) is 27.3. The molecule has 2 N–H and O–H groups in total. The molecule has 2 aliphatic rings. The first-order valence-electron chi connectivity index (χ1n) is 7.40. The first-order valence-corrected chi connectivity index (χ1v) is 7.40. The molecule has 7 nitrogen and oxygen atoms in total. The van der Waals surface area contributed by atoms with Gasteiger partial charge in [0.25, 0.3) is 0 Å². The van der Waals surface area contributed by atoms with Crippen LogP contribution in [0.4, 0.5) is 4.79 Å². The molecule has 7 heteroatoms. The lowest BCUT2D eigenvalue weighted by atomic mass is 9.94. The fourth-order valence-corrected chi connectivity index (χ4v) is 3.53. The van der Waals surface area contributed by atoms with Gasteiger partial charge in [-0.3, -0.25) is 4.79 Å². The molecule has 1 saturated heterocycles. The van der Waals surface area contributed by atoms with Crippen LogP contribution in [0.5, 0.6) is 0 Å². The zero-order valence-electron chi connectivity index (χ0n) is 12.5. The van der Waals surface area contributed by atoms with Crippen LogP contribution < -0.4 is 5.32 Å². The molecule has 0 radical (unpaired) electrons. The largest absolute Gasteiger partial charge is 0.480 e. The molecular formula is C14H23N3O4. The van der Waals surface area contributed by atoms with Gasteiger partial charge in [0.2, 0.25) is 5.91 Å². The molecule has 0 spiro atoms. The summed E-state index contributed by atoms with van der Waals surface area (Å²) in [7, 11) is 3.16. The van der Waals surface area contributed by atoms with Gasteiger partial charge in [0.05, 0.1) is 0 Å². The van der Waals surface area contributed by atoms with Crippen molar-refractivity contribution < 1.29 is 19.5 Å². The van der Waals surface area contributed by atoms with Gasteiger partial charge in [0, 0.05) is 33.6 Å². The molecule has 1 heterocycles. The first-order chi connectivity index (χ1) is 9.95. The SMILES string of the molecule is CNC(=O)CCN(C)C(=O)N1CC2CCCC2C1C(=O)O. The van der Waals surface area contributed by atoms with E-state index in [0.29, 0.717) is 12.5 Å². The summed E-state index contributed by atoms with van der Waals surface area (Å²) in [6.07, 6.45) is 3.15. The van der Waals surface area contributed by atoms with Gasteiger partial charge in [-0.2, -0.15) is 0 Å². The number of fused-ring (bicyclic) bond motifs is 1. The van der Waals surface area contributed by atoms with E-state index in [-0.39, 0.29) is 30.8 Å². The molecule has 118 valence electrons. The Labute approximate surface area is 124 Å². The summed E-state index contributed by atoms with van der Waals surface area (Å²) in [5.41, 5.74) is 0. The lowest BCUT2D eigenvalue weighted by Gasteiger charge is -2.29. The van der Waals surface area contributed by atoms with Crippen molar-refractivity contribution in [2.24, 2.45) is 11.8 Å².